The van der Waals surface area contributed by atoms with Crippen LogP contribution in [0.3, 0.4) is 0 Å². The Balaban J connectivity index is 2.07. The van der Waals surface area contributed by atoms with Crippen LogP contribution in [0.4, 0.5) is 0 Å². The number of aliphatic imine (C=N–C) groups is 1. The van der Waals surface area contributed by atoms with E-state index < -0.39 is 10.0 Å². The number of aromatic nitrogens is 1. The van der Waals surface area contributed by atoms with Gasteiger partial charge in [-0.2, -0.15) is 0 Å². The average molecular weight is 440 g/mol. The molecule has 2 rings (SSSR count). The summed E-state index contributed by atoms with van der Waals surface area (Å²) in [5.41, 5.74) is 2.74. The van der Waals surface area contributed by atoms with Gasteiger partial charge in [-0.25, -0.2) is 13.1 Å². The van der Waals surface area contributed by atoms with E-state index in [1.807, 2.05) is 73.9 Å². The number of rotatable bonds is 8. The van der Waals surface area contributed by atoms with E-state index >= 15 is 0 Å². The number of nitrogens with zero attached hydrogens (tertiary/aromatic N) is 3. The molecule has 7 nitrogen and oxygen atoms in total. The third-order valence-electron chi connectivity index (χ3n) is 4.36. The Morgan fingerprint density at radius 1 is 1.28 bits per heavy atom. The van der Waals surface area contributed by atoms with Gasteiger partial charge in [-0.05, 0) is 31.0 Å². The fraction of sp³-hybridized carbons (Fsp3) is 0.450. The zero-order chi connectivity index (χ0) is 21.6. The van der Waals surface area contributed by atoms with Crippen molar-refractivity contribution in [2.24, 2.45) is 12.0 Å². The molecule has 0 fully saturated rings. The summed E-state index contributed by atoms with van der Waals surface area (Å²) in [4.78, 5) is 6.33. The third-order valence-corrected chi connectivity index (χ3v) is 6.09. The van der Waals surface area contributed by atoms with Gasteiger partial charge in [0.25, 0.3) is 0 Å². The van der Waals surface area contributed by atoms with Crippen molar-refractivity contribution < 1.29 is 8.42 Å². The SMILES string of the molecule is CN=C(NCc1ccccc1CS(=O)(=O)NC(C)C)N(C)Cc1cc(Cl)cn1C. The topological polar surface area (TPSA) is 78.7 Å². The molecule has 29 heavy (non-hydrogen) atoms. The van der Waals surface area contributed by atoms with Crippen molar-refractivity contribution in [3.8, 4) is 0 Å². The Labute approximate surface area is 178 Å². The highest BCUT2D eigenvalue weighted by Crippen LogP contribution is 2.15. The van der Waals surface area contributed by atoms with E-state index in [1.54, 1.807) is 7.05 Å². The van der Waals surface area contributed by atoms with E-state index in [0.29, 0.717) is 24.1 Å². The maximum absolute atomic E-state index is 12.3. The zero-order valence-electron chi connectivity index (χ0n) is 17.6. The molecular weight excluding hydrogens is 410 g/mol. The normalized spacial score (nSPS) is 12.4. The van der Waals surface area contributed by atoms with Crippen molar-refractivity contribution >= 4 is 27.6 Å². The lowest BCUT2D eigenvalue weighted by molar-refractivity contribution is 0.461. The summed E-state index contributed by atoms with van der Waals surface area (Å²) in [6.07, 6.45) is 1.86. The molecular formula is C20H30ClN5O2S. The predicted octanol–water partition coefficient (Wildman–Crippen LogP) is 2.71. The van der Waals surface area contributed by atoms with Crippen molar-refractivity contribution in [1.82, 2.24) is 19.5 Å². The fourth-order valence-corrected chi connectivity index (χ4v) is 4.84. The summed E-state index contributed by atoms with van der Waals surface area (Å²) in [6.45, 7) is 4.73. The summed E-state index contributed by atoms with van der Waals surface area (Å²) < 4.78 is 29.3. The summed E-state index contributed by atoms with van der Waals surface area (Å²) in [5, 5.41) is 4.02. The molecule has 0 radical (unpaired) electrons. The highest BCUT2D eigenvalue weighted by Gasteiger charge is 2.16. The minimum Gasteiger partial charge on any atom is -0.352 e. The van der Waals surface area contributed by atoms with Gasteiger partial charge in [-0.3, -0.25) is 4.99 Å². The molecule has 0 amide bonds. The molecule has 0 aliphatic heterocycles. The van der Waals surface area contributed by atoms with Crippen molar-refractivity contribution in [2.45, 2.75) is 38.7 Å². The van der Waals surface area contributed by atoms with Crippen LogP contribution < -0.4 is 10.0 Å². The Bertz CT molecular complexity index is 954. The van der Waals surface area contributed by atoms with Gasteiger partial charge in [0, 0.05) is 45.6 Å². The smallest absolute Gasteiger partial charge is 0.216 e. The first kappa shape index (κ1) is 23.3. The van der Waals surface area contributed by atoms with E-state index in [9.17, 15) is 8.42 Å². The first-order valence-electron chi connectivity index (χ1n) is 9.40. The van der Waals surface area contributed by atoms with Gasteiger partial charge in [-0.1, -0.05) is 35.9 Å². The quantitative estimate of drug-likeness (QED) is 0.489. The number of guanidine groups is 1. The van der Waals surface area contributed by atoms with Crippen LogP contribution in [0, 0.1) is 0 Å². The lowest BCUT2D eigenvalue weighted by atomic mass is 10.1. The minimum atomic E-state index is -3.39. The summed E-state index contributed by atoms with van der Waals surface area (Å²) in [6, 6.07) is 9.31. The second-order valence-corrected chi connectivity index (χ2v) is 9.51. The van der Waals surface area contributed by atoms with Crippen LogP contribution in [0.25, 0.3) is 0 Å². The molecule has 0 spiro atoms. The zero-order valence-corrected chi connectivity index (χ0v) is 19.2. The molecule has 0 saturated heterocycles. The second-order valence-electron chi connectivity index (χ2n) is 7.32. The molecule has 1 heterocycles. The molecule has 0 bridgehead atoms. The van der Waals surface area contributed by atoms with Gasteiger partial charge in [0.1, 0.15) is 0 Å². The van der Waals surface area contributed by atoms with Gasteiger partial charge < -0.3 is 14.8 Å². The average Bonchev–Trinajstić information content (AvgIpc) is 2.92. The third kappa shape index (κ3) is 7.06. The number of sulfonamides is 1. The van der Waals surface area contributed by atoms with E-state index in [1.165, 1.54) is 0 Å². The van der Waals surface area contributed by atoms with Crippen molar-refractivity contribution in [3.63, 3.8) is 0 Å². The van der Waals surface area contributed by atoms with Gasteiger partial charge in [0.05, 0.1) is 17.3 Å². The standard InChI is InChI=1S/C20H30ClN5O2S/c1-15(2)24-29(27,28)14-17-9-7-6-8-16(17)11-23-20(22-3)26(5)13-19-10-18(21)12-25(19)4/h6-10,12,15,24H,11,13-14H2,1-5H3,(H,22,23). The van der Waals surface area contributed by atoms with Gasteiger partial charge in [0.15, 0.2) is 5.96 Å². The molecule has 0 aliphatic carbocycles. The van der Waals surface area contributed by atoms with E-state index in [2.05, 4.69) is 15.0 Å². The highest BCUT2D eigenvalue weighted by molar-refractivity contribution is 7.88. The van der Waals surface area contributed by atoms with Crippen LogP contribution in [-0.2, 0) is 35.9 Å². The Hall–Kier alpha value is -2.03. The molecule has 2 N–H and O–H groups in total. The first-order chi connectivity index (χ1) is 13.6. The number of halogens is 1. The van der Waals surface area contributed by atoms with Crippen molar-refractivity contribution in [3.05, 3.63) is 58.4 Å². The largest absolute Gasteiger partial charge is 0.352 e. The number of nitrogens with one attached hydrogen (secondary N) is 2. The minimum absolute atomic E-state index is 0.0562. The number of hydrogen-bond donors (Lipinski definition) is 2. The van der Waals surface area contributed by atoms with E-state index in [4.69, 9.17) is 11.6 Å². The summed E-state index contributed by atoms with van der Waals surface area (Å²) >= 11 is 6.07. The second kappa shape index (κ2) is 10.1. The Kier molecular flexibility index (Phi) is 8.13. The summed E-state index contributed by atoms with van der Waals surface area (Å²) in [7, 11) is 2.22. The van der Waals surface area contributed by atoms with Gasteiger partial charge in [0.2, 0.25) is 10.0 Å². The molecule has 160 valence electrons. The molecule has 1 aromatic heterocycles. The maximum Gasteiger partial charge on any atom is 0.216 e. The van der Waals surface area contributed by atoms with Crippen molar-refractivity contribution in [2.75, 3.05) is 14.1 Å². The molecule has 2 aromatic rings. The fourth-order valence-electron chi connectivity index (χ4n) is 3.08. The number of benzene rings is 1. The van der Waals surface area contributed by atoms with Crippen LogP contribution in [-0.4, -0.2) is 44.0 Å². The maximum atomic E-state index is 12.3. The van der Waals surface area contributed by atoms with Gasteiger partial charge >= 0.3 is 0 Å². The molecule has 9 heteroatoms. The molecule has 0 aliphatic rings. The molecule has 0 atom stereocenters. The lowest BCUT2D eigenvalue weighted by Crippen LogP contribution is -2.38. The van der Waals surface area contributed by atoms with Crippen molar-refractivity contribution in [1.29, 1.82) is 0 Å². The Morgan fingerprint density at radius 3 is 2.48 bits per heavy atom. The molecule has 0 unspecified atom stereocenters. The summed E-state index contributed by atoms with van der Waals surface area (Å²) in [5.74, 6) is 0.652. The van der Waals surface area contributed by atoms with Crippen LogP contribution in [0.1, 0.15) is 30.7 Å². The first-order valence-corrected chi connectivity index (χ1v) is 11.4. The van der Waals surface area contributed by atoms with Crippen LogP contribution >= 0.6 is 11.6 Å². The van der Waals surface area contributed by atoms with Crippen LogP contribution in [0.5, 0.6) is 0 Å². The van der Waals surface area contributed by atoms with E-state index in [0.717, 1.165) is 16.8 Å². The van der Waals surface area contributed by atoms with E-state index in [-0.39, 0.29) is 11.8 Å². The van der Waals surface area contributed by atoms with Gasteiger partial charge in [-0.15, -0.1) is 0 Å². The number of aryl methyl sites for hydroxylation is 1. The molecule has 1 aromatic carbocycles. The predicted molar refractivity (Wildman–Crippen MR) is 119 cm³/mol. The van der Waals surface area contributed by atoms with Crippen LogP contribution in [0.15, 0.2) is 41.5 Å². The monoisotopic (exact) mass is 439 g/mol. The van der Waals surface area contributed by atoms with Crippen LogP contribution in [0.2, 0.25) is 5.02 Å². The number of hydrogen-bond acceptors (Lipinski definition) is 3. The molecule has 0 saturated carbocycles. The lowest BCUT2D eigenvalue weighted by Gasteiger charge is -2.23. The highest BCUT2D eigenvalue weighted by atomic mass is 35.5. The Morgan fingerprint density at radius 2 is 1.93 bits per heavy atom.